The lowest BCUT2D eigenvalue weighted by Crippen LogP contribution is -2.32. The number of nitrogens with one attached hydrogen (secondary N) is 1. The molecule has 1 atom stereocenters. The van der Waals surface area contributed by atoms with Gasteiger partial charge in [-0.3, -0.25) is 4.79 Å². The van der Waals surface area contributed by atoms with Crippen LogP contribution in [0.25, 0.3) is 0 Å². The molecule has 1 aliphatic rings. The van der Waals surface area contributed by atoms with Crippen molar-refractivity contribution in [3.05, 3.63) is 34.1 Å². The van der Waals surface area contributed by atoms with E-state index in [1.165, 1.54) is 18.6 Å². The third-order valence-corrected chi connectivity index (χ3v) is 4.11. The first-order valence-electron chi connectivity index (χ1n) is 6.93. The summed E-state index contributed by atoms with van der Waals surface area (Å²) in [5, 5.41) is 3.70. The molecule has 1 aromatic rings. The van der Waals surface area contributed by atoms with Crippen LogP contribution in [0.2, 0.25) is 5.02 Å². The lowest BCUT2D eigenvalue weighted by atomic mass is 10.1. The predicted molar refractivity (Wildman–Crippen MR) is 78.7 cm³/mol. The monoisotopic (exact) mass is 298 g/mol. The van der Waals surface area contributed by atoms with Crippen molar-refractivity contribution < 1.29 is 9.18 Å². The van der Waals surface area contributed by atoms with E-state index in [0.29, 0.717) is 23.2 Å². The van der Waals surface area contributed by atoms with Crippen molar-refractivity contribution in [2.75, 3.05) is 20.1 Å². The number of carbonyl (C=O) groups is 1. The highest BCUT2D eigenvalue weighted by molar-refractivity contribution is 6.33. The van der Waals surface area contributed by atoms with E-state index in [4.69, 9.17) is 11.6 Å². The van der Waals surface area contributed by atoms with Crippen LogP contribution >= 0.6 is 11.6 Å². The fourth-order valence-corrected chi connectivity index (χ4v) is 2.77. The van der Waals surface area contributed by atoms with Crippen LogP contribution < -0.4 is 5.32 Å². The summed E-state index contributed by atoms with van der Waals surface area (Å²) < 4.78 is 13.6. The van der Waals surface area contributed by atoms with Gasteiger partial charge in [0.05, 0.1) is 10.6 Å². The first-order chi connectivity index (χ1) is 9.49. The highest BCUT2D eigenvalue weighted by atomic mass is 35.5. The molecule has 1 saturated heterocycles. The molecule has 1 fully saturated rings. The minimum atomic E-state index is -0.399. The zero-order valence-electron chi connectivity index (χ0n) is 11.9. The van der Waals surface area contributed by atoms with Crippen LogP contribution in [0.15, 0.2) is 12.1 Å². The largest absolute Gasteiger partial charge is 0.342 e. The van der Waals surface area contributed by atoms with Gasteiger partial charge in [-0.15, -0.1) is 0 Å². The van der Waals surface area contributed by atoms with E-state index in [9.17, 15) is 9.18 Å². The Morgan fingerprint density at radius 1 is 1.55 bits per heavy atom. The zero-order chi connectivity index (χ0) is 14.7. The van der Waals surface area contributed by atoms with E-state index in [2.05, 4.69) is 5.32 Å². The predicted octanol–water partition coefficient (Wildman–Crippen LogP) is 3.00. The number of nitrogens with zero attached hydrogens (tertiary/aromatic N) is 1. The Hall–Kier alpha value is -1.13. The maximum Gasteiger partial charge on any atom is 0.255 e. The molecule has 0 radical (unpaired) electrons. The Labute approximate surface area is 124 Å². The van der Waals surface area contributed by atoms with Crippen molar-refractivity contribution in [3.63, 3.8) is 0 Å². The maximum atomic E-state index is 13.6. The minimum absolute atomic E-state index is 0.230. The van der Waals surface area contributed by atoms with E-state index in [1.54, 1.807) is 18.9 Å². The van der Waals surface area contributed by atoms with Gasteiger partial charge < -0.3 is 10.2 Å². The van der Waals surface area contributed by atoms with Crippen LogP contribution in [-0.2, 0) is 0 Å². The van der Waals surface area contributed by atoms with E-state index in [1.807, 2.05) is 0 Å². The number of amides is 1. The van der Waals surface area contributed by atoms with Crippen molar-refractivity contribution in [2.45, 2.75) is 32.2 Å². The summed E-state index contributed by atoms with van der Waals surface area (Å²) in [7, 11) is 1.73. The van der Waals surface area contributed by atoms with Gasteiger partial charge in [-0.25, -0.2) is 4.39 Å². The third kappa shape index (κ3) is 3.49. The molecule has 1 aliphatic heterocycles. The lowest BCUT2D eigenvalue weighted by molar-refractivity contribution is 0.0790. The van der Waals surface area contributed by atoms with Gasteiger partial charge in [-0.2, -0.15) is 0 Å². The van der Waals surface area contributed by atoms with Crippen LogP contribution in [0.5, 0.6) is 0 Å². The molecule has 1 unspecified atom stereocenters. The maximum absolute atomic E-state index is 13.6. The fourth-order valence-electron chi connectivity index (χ4n) is 2.47. The molecule has 1 N–H and O–H groups in total. The number of aryl methyl sites for hydroxylation is 1. The van der Waals surface area contributed by atoms with Crippen molar-refractivity contribution >= 4 is 17.5 Å². The second kappa shape index (κ2) is 6.55. The van der Waals surface area contributed by atoms with Gasteiger partial charge in [0.2, 0.25) is 0 Å². The van der Waals surface area contributed by atoms with Crippen LogP contribution in [0.4, 0.5) is 4.39 Å². The minimum Gasteiger partial charge on any atom is -0.342 e. The molecular formula is C15H20ClFN2O. The second-order valence-corrected chi connectivity index (χ2v) is 5.80. The molecule has 3 nitrogen and oxygen atoms in total. The summed E-state index contributed by atoms with van der Waals surface area (Å²) in [4.78, 5) is 13.9. The highest BCUT2D eigenvalue weighted by Crippen LogP contribution is 2.22. The molecule has 1 aromatic carbocycles. The summed E-state index contributed by atoms with van der Waals surface area (Å²) in [6.07, 6.45) is 3.26. The van der Waals surface area contributed by atoms with Gasteiger partial charge in [0.15, 0.2) is 0 Å². The molecule has 0 saturated carbocycles. The van der Waals surface area contributed by atoms with Crippen molar-refractivity contribution in [2.24, 2.45) is 0 Å². The fraction of sp³-hybridized carbons (Fsp3) is 0.533. The number of benzene rings is 1. The number of rotatable bonds is 4. The van der Waals surface area contributed by atoms with Gasteiger partial charge in [0.25, 0.3) is 5.91 Å². The van der Waals surface area contributed by atoms with Crippen LogP contribution in [-0.4, -0.2) is 37.0 Å². The van der Waals surface area contributed by atoms with Gasteiger partial charge in [0.1, 0.15) is 5.82 Å². The molecular weight excluding hydrogens is 279 g/mol. The molecule has 0 aromatic heterocycles. The summed E-state index contributed by atoms with van der Waals surface area (Å²) in [6, 6.07) is 3.20. The Bertz CT molecular complexity index is 501. The number of hydrogen-bond acceptors (Lipinski definition) is 2. The van der Waals surface area contributed by atoms with E-state index >= 15 is 0 Å². The molecule has 1 heterocycles. The van der Waals surface area contributed by atoms with Gasteiger partial charge >= 0.3 is 0 Å². The first kappa shape index (κ1) is 15.3. The smallest absolute Gasteiger partial charge is 0.255 e. The van der Waals surface area contributed by atoms with E-state index in [0.717, 1.165) is 19.4 Å². The molecule has 2 rings (SSSR count). The van der Waals surface area contributed by atoms with Crippen LogP contribution in [0, 0.1) is 12.7 Å². The summed E-state index contributed by atoms with van der Waals surface area (Å²) in [5.41, 5.74) is 0.681. The number of carbonyl (C=O) groups excluding carboxylic acids is 1. The summed E-state index contributed by atoms with van der Waals surface area (Å²) in [5.74, 6) is -0.629. The van der Waals surface area contributed by atoms with Crippen molar-refractivity contribution in [3.8, 4) is 0 Å². The Kier molecular flexibility index (Phi) is 5.00. The lowest BCUT2D eigenvalue weighted by Gasteiger charge is -2.20. The molecule has 1 amide bonds. The Morgan fingerprint density at radius 3 is 2.95 bits per heavy atom. The van der Waals surface area contributed by atoms with Gasteiger partial charge in [-0.1, -0.05) is 11.6 Å². The zero-order valence-corrected chi connectivity index (χ0v) is 12.6. The van der Waals surface area contributed by atoms with Gasteiger partial charge in [0, 0.05) is 19.6 Å². The normalized spacial score (nSPS) is 18.3. The molecule has 0 spiro atoms. The summed E-state index contributed by atoms with van der Waals surface area (Å²) >= 11 is 6.04. The molecule has 20 heavy (non-hydrogen) atoms. The summed E-state index contributed by atoms with van der Waals surface area (Å²) in [6.45, 7) is 3.32. The highest BCUT2D eigenvalue weighted by Gasteiger charge is 2.19. The third-order valence-electron chi connectivity index (χ3n) is 3.80. The molecule has 0 aliphatic carbocycles. The Balaban J connectivity index is 2.00. The standard InChI is InChI=1S/C15H20ClFN2O/c1-10-8-13(16)12(9-14(10)17)15(20)19(2)7-5-11-4-3-6-18-11/h8-9,11,18H,3-7H2,1-2H3. The van der Waals surface area contributed by atoms with E-state index in [-0.39, 0.29) is 11.5 Å². The van der Waals surface area contributed by atoms with Gasteiger partial charge in [-0.05, 0) is 50.4 Å². The number of halogens is 2. The van der Waals surface area contributed by atoms with Crippen LogP contribution in [0.1, 0.15) is 35.2 Å². The first-order valence-corrected chi connectivity index (χ1v) is 7.31. The Morgan fingerprint density at radius 2 is 2.30 bits per heavy atom. The average molecular weight is 299 g/mol. The van der Waals surface area contributed by atoms with E-state index < -0.39 is 5.82 Å². The molecule has 5 heteroatoms. The topological polar surface area (TPSA) is 32.3 Å². The average Bonchev–Trinajstić information content (AvgIpc) is 2.92. The quantitative estimate of drug-likeness (QED) is 0.927. The van der Waals surface area contributed by atoms with Crippen LogP contribution in [0.3, 0.4) is 0 Å². The molecule has 0 bridgehead atoms. The van der Waals surface area contributed by atoms with Crippen molar-refractivity contribution in [1.82, 2.24) is 10.2 Å². The number of hydrogen-bond donors (Lipinski definition) is 1. The SMILES string of the molecule is Cc1cc(Cl)c(C(=O)N(C)CCC2CCCN2)cc1F. The molecule has 110 valence electrons. The second-order valence-electron chi connectivity index (χ2n) is 5.39. The van der Waals surface area contributed by atoms with Crippen molar-refractivity contribution in [1.29, 1.82) is 0 Å².